The van der Waals surface area contributed by atoms with E-state index in [-0.39, 0.29) is 11.3 Å². The van der Waals surface area contributed by atoms with Crippen molar-refractivity contribution in [2.75, 3.05) is 0 Å². The molecule has 2 saturated carbocycles. The number of nitrogens with zero attached hydrogens (tertiary/aromatic N) is 1. The van der Waals surface area contributed by atoms with Crippen molar-refractivity contribution in [3.05, 3.63) is 16.1 Å². The minimum absolute atomic E-state index is 0.0600. The first kappa shape index (κ1) is 15.9. The highest BCUT2D eigenvalue weighted by atomic mass is 32.1. The van der Waals surface area contributed by atoms with Crippen LogP contribution in [0, 0.1) is 11.8 Å². The van der Waals surface area contributed by atoms with Gasteiger partial charge in [0.25, 0.3) is 5.91 Å². The van der Waals surface area contributed by atoms with Gasteiger partial charge in [-0.15, -0.1) is 11.3 Å². The summed E-state index contributed by atoms with van der Waals surface area (Å²) in [5, 5.41) is 3.33. The minimum Gasteiger partial charge on any atom is -0.348 e. The Hall–Kier alpha value is -0.940. The second-order valence-electron chi connectivity index (χ2n) is 7.96. The molecule has 0 spiro atoms. The van der Waals surface area contributed by atoms with E-state index in [0.29, 0.717) is 23.9 Å². The highest BCUT2D eigenvalue weighted by molar-refractivity contribution is 7.11. The molecule has 0 saturated heterocycles. The van der Waals surface area contributed by atoms with Gasteiger partial charge in [0.05, 0.1) is 11.2 Å². The molecule has 2 unspecified atom stereocenters. The van der Waals surface area contributed by atoms with Gasteiger partial charge in [-0.2, -0.15) is 0 Å². The Bertz CT molecular complexity index is 534. The van der Waals surface area contributed by atoms with Crippen molar-refractivity contribution >= 4 is 17.2 Å². The van der Waals surface area contributed by atoms with E-state index in [2.05, 4.69) is 31.1 Å². The largest absolute Gasteiger partial charge is 0.348 e. The van der Waals surface area contributed by atoms with Crippen molar-refractivity contribution in [3.63, 3.8) is 0 Å². The molecule has 22 heavy (non-hydrogen) atoms. The van der Waals surface area contributed by atoms with E-state index < -0.39 is 0 Å². The summed E-state index contributed by atoms with van der Waals surface area (Å²) in [5.41, 5.74) is 8.77. The second-order valence-corrected chi connectivity index (χ2v) is 8.82. The quantitative estimate of drug-likeness (QED) is 0.879. The summed E-state index contributed by atoms with van der Waals surface area (Å²) in [6.45, 7) is 6.31. The molecular weight excluding hydrogens is 294 g/mol. The number of hydrogen-bond donors (Lipinski definition) is 2. The molecule has 1 aromatic heterocycles. The van der Waals surface area contributed by atoms with E-state index in [4.69, 9.17) is 5.73 Å². The van der Waals surface area contributed by atoms with Crippen molar-refractivity contribution in [1.82, 2.24) is 10.3 Å². The maximum absolute atomic E-state index is 12.8. The summed E-state index contributed by atoms with van der Waals surface area (Å²) in [4.78, 5) is 18.0. The van der Waals surface area contributed by atoms with Crippen LogP contribution in [0.3, 0.4) is 0 Å². The lowest BCUT2D eigenvalue weighted by Gasteiger charge is -2.45. The molecule has 0 radical (unpaired) electrons. The van der Waals surface area contributed by atoms with Gasteiger partial charge in [-0.25, -0.2) is 4.98 Å². The molecule has 122 valence electrons. The first-order chi connectivity index (χ1) is 10.4. The zero-order valence-corrected chi connectivity index (χ0v) is 14.6. The van der Waals surface area contributed by atoms with Crippen LogP contribution in [-0.2, 0) is 5.41 Å². The number of fused-ring (bicyclic) bond motifs is 2. The van der Waals surface area contributed by atoms with Gasteiger partial charge in [-0.1, -0.05) is 27.2 Å². The van der Waals surface area contributed by atoms with Crippen LogP contribution in [0.25, 0.3) is 0 Å². The SMILES string of the molecule is CC(C)(C)c1ncsc1C(=O)NC1C2CCCC1CC(N)C2. The van der Waals surface area contributed by atoms with Gasteiger partial charge >= 0.3 is 0 Å². The van der Waals surface area contributed by atoms with Crippen molar-refractivity contribution in [3.8, 4) is 0 Å². The molecule has 4 nitrogen and oxygen atoms in total. The molecule has 1 amide bonds. The fourth-order valence-corrected chi connectivity index (χ4v) is 5.08. The third-order valence-electron chi connectivity index (χ3n) is 5.16. The van der Waals surface area contributed by atoms with Crippen LogP contribution in [-0.4, -0.2) is 23.0 Å². The Kier molecular flexibility index (Phi) is 4.29. The van der Waals surface area contributed by atoms with E-state index in [1.165, 1.54) is 30.6 Å². The van der Waals surface area contributed by atoms with E-state index in [0.717, 1.165) is 23.4 Å². The predicted molar refractivity (Wildman–Crippen MR) is 90.1 cm³/mol. The summed E-state index contributed by atoms with van der Waals surface area (Å²) in [6, 6.07) is 0.618. The number of aromatic nitrogens is 1. The Morgan fingerprint density at radius 2 is 1.95 bits per heavy atom. The maximum atomic E-state index is 12.8. The molecule has 3 rings (SSSR count). The Morgan fingerprint density at radius 1 is 1.32 bits per heavy atom. The predicted octanol–water partition coefficient (Wildman–Crippen LogP) is 3.08. The number of nitrogens with one attached hydrogen (secondary N) is 1. The normalized spacial score (nSPS) is 31.8. The number of thiazole rings is 1. The fourth-order valence-electron chi connectivity index (χ4n) is 4.18. The first-order valence-corrected chi connectivity index (χ1v) is 9.24. The summed E-state index contributed by atoms with van der Waals surface area (Å²) in [5.74, 6) is 1.17. The number of amides is 1. The molecule has 2 aliphatic rings. The van der Waals surface area contributed by atoms with E-state index in [9.17, 15) is 4.79 Å². The Balaban J connectivity index is 1.76. The van der Waals surface area contributed by atoms with Crippen molar-refractivity contribution in [2.45, 2.75) is 70.4 Å². The lowest BCUT2D eigenvalue weighted by Crippen LogP contribution is -2.53. The van der Waals surface area contributed by atoms with Crippen LogP contribution in [0.4, 0.5) is 0 Å². The van der Waals surface area contributed by atoms with Gasteiger partial charge < -0.3 is 11.1 Å². The maximum Gasteiger partial charge on any atom is 0.263 e. The smallest absolute Gasteiger partial charge is 0.263 e. The summed E-state index contributed by atoms with van der Waals surface area (Å²) < 4.78 is 0. The van der Waals surface area contributed by atoms with Crippen molar-refractivity contribution < 1.29 is 4.79 Å². The Morgan fingerprint density at radius 3 is 2.55 bits per heavy atom. The lowest BCUT2D eigenvalue weighted by molar-refractivity contribution is 0.0757. The topological polar surface area (TPSA) is 68.0 Å². The first-order valence-electron chi connectivity index (χ1n) is 8.36. The molecule has 2 bridgehead atoms. The van der Waals surface area contributed by atoms with Crippen LogP contribution in [0.15, 0.2) is 5.51 Å². The molecule has 0 aromatic carbocycles. The van der Waals surface area contributed by atoms with Gasteiger partial charge in [0.2, 0.25) is 0 Å². The molecule has 1 heterocycles. The number of rotatable bonds is 2. The average molecular weight is 321 g/mol. The van der Waals surface area contributed by atoms with Crippen LogP contribution < -0.4 is 11.1 Å². The molecule has 1 aromatic rings. The molecule has 2 atom stereocenters. The van der Waals surface area contributed by atoms with Gasteiger partial charge in [0.1, 0.15) is 4.88 Å². The number of nitrogens with two attached hydrogens (primary N) is 1. The number of hydrogen-bond acceptors (Lipinski definition) is 4. The summed E-state index contributed by atoms with van der Waals surface area (Å²) >= 11 is 1.45. The lowest BCUT2D eigenvalue weighted by atomic mass is 9.67. The minimum atomic E-state index is -0.0997. The fraction of sp³-hybridized carbons (Fsp3) is 0.765. The summed E-state index contributed by atoms with van der Waals surface area (Å²) in [6.07, 6.45) is 5.78. The average Bonchev–Trinajstić information content (AvgIpc) is 2.89. The zero-order chi connectivity index (χ0) is 15.9. The zero-order valence-electron chi connectivity index (χ0n) is 13.8. The third-order valence-corrected chi connectivity index (χ3v) is 5.98. The number of carbonyl (C=O) groups excluding carboxylic acids is 1. The van der Waals surface area contributed by atoms with E-state index in [1.807, 2.05) is 0 Å². The second kappa shape index (κ2) is 5.93. The van der Waals surface area contributed by atoms with Crippen molar-refractivity contribution in [1.29, 1.82) is 0 Å². The monoisotopic (exact) mass is 321 g/mol. The molecular formula is C17H27N3OS. The van der Waals surface area contributed by atoms with Gasteiger partial charge in [-0.3, -0.25) is 4.79 Å². The van der Waals surface area contributed by atoms with Crippen LogP contribution in [0.5, 0.6) is 0 Å². The van der Waals surface area contributed by atoms with Crippen LogP contribution in [0.2, 0.25) is 0 Å². The van der Waals surface area contributed by atoms with Gasteiger partial charge in [-0.05, 0) is 37.5 Å². The summed E-state index contributed by atoms with van der Waals surface area (Å²) in [7, 11) is 0. The molecule has 0 aliphatic heterocycles. The highest BCUT2D eigenvalue weighted by Gasteiger charge is 2.40. The molecule has 5 heteroatoms. The molecule has 2 aliphatic carbocycles. The van der Waals surface area contributed by atoms with E-state index >= 15 is 0 Å². The molecule has 3 N–H and O–H groups in total. The molecule has 2 fully saturated rings. The highest BCUT2D eigenvalue weighted by Crippen LogP contribution is 2.40. The van der Waals surface area contributed by atoms with Crippen molar-refractivity contribution in [2.24, 2.45) is 17.6 Å². The van der Waals surface area contributed by atoms with Gasteiger partial charge in [0, 0.05) is 17.5 Å². The van der Waals surface area contributed by atoms with Crippen LogP contribution in [0.1, 0.15) is 68.2 Å². The van der Waals surface area contributed by atoms with Crippen LogP contribution >= 0.6 is 11.3 Å². The van der Waals surface area contributed by atoms with E-state index in [1.54, 1.807) is 5.51 Å². The standard InChI is InChI=1S/C17H27N3OS/c1-17(2,3)15-14(22-9-19-15)16(21)20-13-10-5-4-6-11(13)8-12(18)7-10/h9-13H,4-8,18H2,1-3H3,(H,20,21). The van der Waals surface area contributed by atoms with Gasteiger partial charge in [0.15, 0.2) is 0 Å². The Labute approximate surface area is 136 Å². The third kappa shape index (κ3) is 3.06. The number of carbonyl (C=O) groups is 1.